The van der Waals surface area contributed by atoms with E-state index in [-0.39, 0.29) is 0 Å². The summed E-state index contributed by atoms with van der Waals surface area (Å²) in [7, 11) is 0. The van der Waals surface area contributed by atoms with Crippen LogP contribution in [0.5, 0.6) is 0 Å². The minimum atomic E-state index is -0.719. The van der Waals surface area contributed by atoms with Gasteiger partial charge in [-0.15, -0.1) is 0 Å². The molecule has 1 rings (SSSR count). The van der Waals surface area contributed by atoms with Crippen LogP contribution in [0.4, 0.5) is 4.79 Å². The minimum Gasteiger partial charge on any atom is -0.415 e. The zero-order chi connectivity index (χ0) is 5.28. The molecule has 1 amide bonds. The number of hydrogen-bond donors (Lipinski definition) is 1. The van der Waals surface area contributed by atoms with Crippen molar-refractivity contribution in [2.45, 2.75) is 6.42 Å². The monoisotopic (exact) mass is 99.0 g/mol. The molecule has 3 heteroatoms. The van der Waals surface area contributed by atoms with E-state index in [2.05, 4.69) is 10.5 Å². The number of ether oxygens (including phenoxy) is 1. The van der Waals surface area contributed by atoms with E-state index in [4.69, 9.17) is 0 Å². The van der Waals surface area contributed by atoms with E-state index < -0.39 is 6.09 Å². The van der Waals surface area contributed by atoms with Gasteiger partial charge >= 0.3 is 6.09 Å². The van der Waals surface area contributed by atoms with Crippen molar-refractivity contribution in [2.24, 2.45) is 5.73 Å². The van der Waals surface area contributed by atoms with Gasteiger partial charge in [-0.2, -0.15) is 0 Å². The van der Waals surface area contributed by atoms with Crippen molar-refractivity contribution >= 4 is 6.09 Å². The number of amides is 1. The first-order chi connectivity index (χ1) is 3.29. The molecule has 7 heavy (non-hydrogen) atoms. The molecule has 0 unspecified atom stereocenters. The van der Waals surface area contributed by atoms with Gasteiger partial charge < -0.3 is 10.5 Å². The number of rotatable bonds is 1. The summed E-state index contributed by atoms with van der Waals surface area (Å²) in [4.78, 5) is 9.81. The van der Waals surface area contributed by atoms with E-state index in [9.17, 15) is 4.79 Å². The summed E-state index contributed by atoms with van der Waals surface area (Å²) in [6, 6.07) is 0. The fourth-order valence-corrected chi connectivity index (χ4v) is 0.254. The Morgan fingerprint density at radius 1 is 2.00 bits per heavy atom. The molecule has 0 aromatic carbocycles. The zero-order valence-electron chi connectivity index (χ0n) is 3.68. The van der Waals surface area contributed by atoms with Crippen LogP contribution >= 0.6 is 0 Å². The molecular weight excluding hydrogens is 94.0 g/mol. The first-order valence-electron chi connectivity index (χ1n) is 1.95. The van der Waals surface area contributed by atoms with Gasteiger partial charge in [-0.25, -0.2) is 4.79 Å². The number of allylic oxidation sites excluding steroid dienone is 2. The van der Waals surface area contributed by atoms with Gasteiger partial charge in [0.2, 0.25) is 0 Å². The Labute approximate surface area is 40.8 Å². The van der Waals surface area contributed by atoms with Crippen molar-refractivity contribution in [3.63, 3.8) is 0 Å². The molecule has 0 heterocycles. The lowest BCUT2D eigenvalue weighted by Gasteiger charge is -1.87. The Bertz CT molecular complexity index is 128. The molecule has 0 aliphatic heterocycles. The molecule has 0 atom stereocenters. The molecule has 0 fully saturated rings. The van der Waals surface area contributed by atoms with Crippen LogP contribution in [0.3, 0.4) is 0 Å². The van der Waals surface area contributed by atoms with Gasteiger partial charge in [0.15, 0.2) is 0 Å². The van der Waals surface area contributed by atoms with Crippen LogP contribution in [0.2, 0.25) is 0 Å². The topological polar surface area (TPSA) is 52.3 Å². The predicted octanol–water partition coefficient (Wildman–Crippen LogP) is 0.369. The van der Waals surface area contributed by atoms with Crippen LogP contribution in [0, 0.1) is 0 Å². The third-order valence-corrected chi connectivity index (χ3v) is 0.602. The van der Waals surface area contributed by atoms with Crippen molar-refractivity contribution < 1.29 is 9.53 Å². The van der Waals surface area contributed by atoms with Crippen molar-refractivity contribution in [1.82, 2.24) is 0 Å². The van der Waals surface area contributed by atoms with E-state index in [1.54, 1.807) is 6.08 Å². The summed E-state index contributed by atoms with van der Waals surface area (Å²) in [5.74, 6) is 0.688. The average molecular weight is 99.1 g/mol. The van der Waals surface area contributed by atoms with Crippen LogP contribution in [0.15, 0.2) is 11.8 Å². The number of nitrogens with two attached hydrogens (primary N) is 1. The molecule has 38 valence electrons. The van der Waals surface area contributed by atoms with Gasteiger partial charge in [0, 0.05) is 6.42 Å². The first kappa shape index (κ1) is 4.18. The van der Waals surface area contributed by atoms with Crippen LogP contribution in [-0.4, -0.2) is 6.09 Å². The Morgan fingerprint density at radius 3 is 2.71 bits per heavy atom. The summed E-state index contributed by atoms with van der Waals surface area (Å²) >= 11 is 0. The van der Waals surface area contributed by atoms with E-state index in [1.165, 1.54) is 0 Å². The first-order valence-corrected chi connectivity index (χ1v) is 1.95. The maximum Gasteiger partial charge on any atom is 0.409 e. The van der Waals surface area contributed by atoms with Crippen molar-refractivity contribution in [3.05, 3.63) is 11.8 Å². The highest BCUT2D eigenvalue weighted by Crippen LogP contribution is 2.18. The minimum absolute atomic E-state index is 0.688. The van der Waals surface area contributed by atoms with Crippen LogP contribution in [-0.2, 0) is 4.74 Å². The lowest BCUT2D eigenvalue weighted by Crippen LogP contribution is -2.09. The van der Waals surface area contributed by atoms with Gasteiger partial charge in [-0.1, -0.05) is 0 Å². The number of carbonyl (C=O) groups is 1. The molecule has 2 N–H and O–H groups in total. The quantitative estimate of drug-likeness (QED) is 0.516. The van der Waals surface area contributed by atoms with E-state index >= 15 is 0 Å². The molecule has 0 saturated heterocycles. The van der Waals surface area contributed by atoms with Crippen LogP contribution in [0.1, 0.15) is 6.42 Å². The zero-order valence-corrected chi connectivity index (χ0v) is 3.68. The SMILES string of the molecule is NC(=O)OC1=CC1. The summed E-state index contributed by atoms with van der Waals surface area (Å²) in [6.45, 7) is 0. The highest BCUT2D eigenvalue weighted by molar-refractivity contribution is 5.66. The van der Waals surface area contributed by atoms with Gasteiger partial charge in [-0.05, 0) is 6.08 Å². The Balaban J connectivity index is 2.21. The van der Waals surface area contributed by atoms with Crippen molar-refractivity contribution in [2.75, 3.05) is 0 Å². The van der Waals surface area contributed by atoms with E-state index in [1.807, 2.05) is 0 Å². The molecule has 1 aliphatic carbocycles. The van der Waals surface area contributed by atoms with Crippen LogP contribution < -0.4 is 5.73 Å². The van der Waals surface area contributed by atoms with Gasteiger partial charge in [0.1, 0.15) is 5.76 Å². The average Bonchev–Trinajstić information content (AvgIpc) is 2.17. The second-order valence-corrected chi connectivity index (χ2v) is 1.30. The highest BCUT2D eigenvalue weighted by Gasteiger charge is 2.10. The van der Waals surface area contributed by atoms with Gasteiger partial charge in [0.25, 0.3) is 0 Å². The molecule has 0 saturated carbocycles. The summed E-state index contributed by atoms with van der Waals surface area (Å²) < 4.78 is 4.36. The maximum absolute atomic E-state index is 9.81. The molecule has 0 aromatic heterocycles. The smallest absolute Gasteiger partial charge is 0.409 e. The molecule has 0 radical (unpaired) electrons. The Hall–Kier alpha value is -0.990. The lowest BCUT2D eigenvalue weighted by molar-refractivity contribution is 0.190. The second-order valence-electron chi connectivity index (χ2n) is 1.30. The highest BCUT2D eigenvalue weighted by atomic mass is 16.6. The number of hydrogen-bond acceptors (Lipinski definition) is 2. The summed E-state index contributed by atoms with van der Waals surface area (Å²) in [5, 5.41) is 0. The normalized spacial score (nSPS) is 15.1. The van der Waals surface area contributed by atoms with E-state index in [0.29, 0.717) is 5.76 Å². The largest absolute Gasteiger partial charge is 0.415 e. The molecule has 0 bridgehead atoms. The van der Waals surface area contributed by atoms with E-state index in [0.717, 1.165) is 6.42 Å². The number of primary amides is 1. The number of carbonyl (C=O) groups excluding carboxylic acids is 1. The summed E-state index contributed by atoms with van der Waals surface area (Å²) in [6.07, 6.45) is 1.84. The molecule has 0 aromatic rings. The van der Waals surface area contributed by atoms with Gasteiger partial charge in [0.05, 0.1) is 0 Å². The Kier molecular flexibility index (Phi) is 0.749. The molecule has 0 spiro atoms. The fraction of sp³-hybridized carbons (Fsp3) is 0.250. The molecule has 3 nitrogen and oxygen atoms in total. The van der Waals surface area contributed by atoms with Gasteiger partial charge in [-0.3, -0.25) is 0 Å². The summed E-state index contributed by atoms with van der Waals surface area (Å²) in [5.41, 5.74) is 4.63. The third-order valence-electron chi connectivity index (χ3n) is 0.602. The third kappa shape index (κ3) is 1.26. The molecular formula is C4H5NO2. The second kappa shape index (κ2) is 1.26. The lowest BCUT2D eigenvalue weighted by atomic mass is 10.8. The predicted molar refractivity (Wildman–Crippen MR) is 23.4 cm³/mol. The standard InChI is InChI=1S/C4H5NO2/c5-4(6)7-3-1-2-3/h1H,2H2,(H2,5,6). The maximum atomic E-state index is 9.81. The van der Waals surface area contributed by atoms with Crippen LogP contribution in [0.25, 0.3) is 0 Å². The fourth-order valence-electron chi connectivity index (χ4n) is 0.254. The molecule has 1 aliphatic rings. The Morgan fingerprint density at radius 2 is 2.57 bits per heavy atom. The van der Waals surface area contributed by atoms with Crippen molar-refractivity contribution in [3.8, 4) is 0 Å². The van der Waals surface area contributed by atoms with Crippen molar-refractivity contribution in [1.29, 1.82) is 0 Å².